The molecule has 0 saturated heterocycles. The molecule has 0 nitrogen and oxygen atoms in total. The van der Waals surface area contributed by atoms with Gasteiger partial charge in [-0.1, -0.05) is 135 Å². The van der Waals surface area contributed by atoms with Gasteiger partial charge in [-0.15, -0.1) is 0 Å². The standard InChI is InChI=1S/C33H40Si/c1-4-7-13-27-19-23-31(24-20-27)34(30-16-10-9-11-17-30,33-18-12-15-29(33)6-3)32-25-21-28(22-26-32)14-8-5-2/h9-12,15-17,19-26H,4-8,13-14,18H2,1-3H3. The Morgan fingerprint density at radius 3 is 1.59 bits per heavy atom. The van der Waals surface area contributed by atoms with Gasteiger partial charge in [0.2, 0.25) is 0 Å². The predicted molar refractivity (Wildman–Crippen MR) is 152 cm³/mol. The zero-order valence-corrected chi connectivity index (χ0v) is 22.3. The van der Waals surface area contributed by atoms with Crippen molar-refractivity contribution in [3.8, 4) is 0 Å². The van der Waals surface area contributed by atoms with Crippen LogP contribution >= 0.6 is 0 Å². The van der Waals surface area contributed by atoms with E-state index in [1.165, 1.54) is 65.2 Å². The highest BCUT2D eigenvalue weighted by molar-refractivity contribution is 7.16. The fourth-order valence-electron chi connectivity index (χ4n) is 5.59. The van der Waals surface area contributed by atoms with E-state index in [0.29, 0.717) is 0 Å². The van der Waals surface area contributed by atoms with Crippen molar-refractivity contribution in [3.05, 3.63) is 113 Å². The van der Waals surface area contributed by atoms with Crippen LogP contribution in [0, 0.1) is 0 Å². The summed E-state index contributed by atoms with van der Waals surface area (Å²) in [4.78, 5) is 0. The molecule has 0 radical (unpaired) electrons. The molecule has 1 aliphatic carbocycles. The zero-order valence-electron chi connectivity index (χ0n) is 21.3. The highest BCUT2D eigenvalue weighted by Gasteiger charge is 2.44. The molecule has 0 N–H and O–H groups in total. The molecule has 0 atom stereocenters. The molecular weight excluding hydrogens is 424 g/mol. The molecule has 3 aromatic rings. The maximum Gasteiger partial charge on any atom is 0.176 e. The molecular formula is C33H40Si. The minimum Gasteiger partial charge on any atom is -0.0805 e. The van der Waals surface area contributed by atoms with Gasteiger partial charge in [0.05, 0.1) is 0 Å². The van der Waals surface area contributed by atoms with Crippen molar-refractivity contribution in [1.29, 1.82) is 0 Å². The van der Waals surface area contributed by atoms with Crippen molar-refractivity contribution >= 4 is 23.6 Å². The minimum atomic E-state index is -2.37. The van der Waals surface area contributed by atoms with Crippen molar-refractivity contribution in [1.82, 2.24) is 0 Å². The van der Waals surface area contributed by atoms with Crippen LogP contribution in [-0.2, 0) is 12.8 Å². The van der Waals surface area contributed by atoms with Gasteiger partial charge in [0.15, 0.2) is 8.07 Å². The topological polar surface area (TPSA) is 0 Å². The smallest absolute Gasteiger partial charge is 0.0805 e. The molecule has 0 amide bonds. The predicted octanol–water partition coefficient (Wildman–Crippen LogP) is 7.05. The van der Waals surface area contributed by atoms with E-state index in [4.69, 9.17) is 0 Å². The van der Waals surface area contributed by atoms with E-state index < -0.39 is 8.07 Å². The Hall–Kier alpha value is -2.64. The van der Waals surface area contributed by atoms with Gasteiger partial charge in [0.1, 0.15) is 0 Å². The lowest BCUT2D eigenvalue weighted by Crippen LogP contribution is -2.68. The molecule has 0 saturated carbocycles. The highest BCUT2D eigenvalue weighted by Crippen LogP contribution is 2.30. The van der Waals surface area contributed by atoms with Gasteiger partial charge in [-0.3, -0.25) is 0 Å². The van der Waals surface area contributed by atoms with Gasteiger partial charge in [0, 0.05) is 0 Å². The van der Waals surface area contributed by atoms with Gasteiger partial charge >= 0.3 is 0 Å². The van der Waals surface area contributed by atoms with Gasteiger partial charge in [-0.25, -0.2) is 0 Å². The van der Waals surface area contributed by atoms with Gasteiger partial charge in [-0.05, 0) is 65.2 Å². The average Bonchev–Trinajstić information content (AvgIpc) is 3.38. The van der Waals surface area contributed by atoms with E-state index >= 15 is 0 Å². The van der Waals surface area contributed by atoms with E-state index in [9.17, 15) is 0 Å². The second-order valence-electron chi connectivity index (χ2n) is 9.68. The Labute approximate surface area is 208 Å². The van der Waals surface area contributed by atoms with Crippen LogP contribution in [0.3, 0.4) is 0 Å². The van der Waals surface area contributed by atoms with Crippen LogP contribution in [0.25, 0.3) is 0 Å². The summed E-state index contributed by atoms with van der Waals surface area (Å²) in [6, 6.07) is 30.9. The van der Waals surface area contributed by atoms with E-state index in [1.54, 1.807) is 10.8 Å². The fourth-order valence-corrected chi connectivity index (χ4v) is 10.8. The molecule has 0 aliphatic heterocycles. The van der Waals surface area contributed by atoms with Crippen molar-refractivity contribution in [3.63, 3.8) is 0 Å². The third-order valence-corrected chi connectivity index (χ3v) is 12.5. The summed E-state index contributed by atoms with van der Waals surface area (Å²) in [5.74, 6) is 0. The Morgan fingerprint density at radius 2 is 1.12 bits per heavy atom. The first-order valence-corrected chi connectivity index (χ1v) is 15.4. The third-order valence-electron chi connectivity index (χ3n) is 7.48. The van der Waals surface area contributed by atoms with Crippen LogP contribution < -0.4 is 15.6 Å². The molecule has 4 rings (SSSR count). The number of allylic oxidation sites excluding steroid dienone is 4. The Bertz CT molecular complexity index is 1050. The second kappa shape index (κ2) is 11.7. The lowest BCUT2D eigenvalue weighted by Gasteiger charge is -2.36. The lowest BCUT2D eigenvalue weighted by molar-refractivity contribution is 0.795. The van der Waals surface area contributed by atoms with Crippen LogP contribution in [0.5, 0.6) is 0 Å². The summed E-state index contributed by atoms with van der Waals surface area (Å²) in [6.45, 7) is 6.87. The Kier molecular flexibility index (Phi) is 8.40. The van der Waals surface area contributed by atoms with Crippen LogP contribution in [-0.4, -0.2) is 8.07 Å². The zero-order chi connectivity index (χ0) is 23.8. The van der Waals surface area contributed by atoms with E-state index in [-0.39, 0.29) is 0 Å². The maximum atomic E-state index is 2.47. The van der Waals surface area contributed by atoms with Gasteiger partial charge < -0.3 is 0 Å². The number of benzene rings is 3. The van der Waals surface area contributed by atoms with Crippen LogP contribution in [0.4, 0.5) is 0 Å². The number of rotatable bonds is 11. The average molecular weight is 465 g/mol. The molecule has 1 heteroatoms. The monoisotopic (exact) mass is 464 g/mol. The van der Waals surface area contributed by atoms with Crippen molar-refractivity contribution in [2.45, 2.75) is 72.1 Å². The van der Waals surface area contributed by atoms with Crippen LogP contribution in [0.15, 0.2) is 102 Å². The summed E-state index contributed by atoms with van der Waals surface area (Å²) in [7, 11) is -2.37. The molecule has 0 spiro atoms. The van der Waals surface area contributed by atoms with Gasteiger partial charge in [-0.2, -0.15) is 0 Å². The fraction of sp³-hybridized carbons (Fsp3) is 0.333. The summed E-state index contributed by atoms with van der Waals surface area (Å²) in [6.07, 6.45) is 14.3. The van der Waals surface area contributed by atoms with Crippen molar-refractivity contribution < 1.29 is 0 Å². The first-order chi connectivity index (χ1) is 16.7. The van der Waals surface area contributed by atoms with E-state index in [0.717, 1.165) is 12.8 Å². The van der Waals surface area contributed by atoms with Crippen LogP contribution in [0.1, 0.15) is 70.4 Å². The molecule has 1 aliphatic rings. The molecule has 176 valence electrons. The molecule has 0 bridgehead atoms. The summed E-state index contributed by atoms with van der Waals surface area (Å²) >= 11 is 0. The normalized spacial score (nSPS) is 13.6. The van der Waals surface area contributed by atoms with Crippen molar-refractivity contribution in [2.24, 2.45) is 0 Å². The van der Waals surface area contributed by atoms with E-state index in [1.807, 2.05) is 0 Å². The molecule has 0 fully saturated rings. The number of unbranched alkanes of at least 4 members (excludes halogenated alkanes) is 2. The van der Waals surface area contributed by atoms with Crippen molar-refractivity contribution in [2.75, 3.05) is 0 Å². The quantitative estimate of drug-likeness (QED) is 0.211. The minimum absolute atomic E-state index is 1.07. The SMILES string of the molecule is CCCCc1ccc([Si](C2=C(CC)C=CC2)(c2ccccc2)c2ccc(CCCC)cc2)cc1. The second-order valence-corrected chi connectivity index (χ2v) is 13.5. The molecule has 0 aromatic heterocycles. The first kappa shape index (κ1) is 24.5. The summed E-state index contributed by atoms with van der Waals surface area (Å²) in [5.41, 5.74) is 4.47. The molecule has 0 heterocycles. The van der Waals surface area contributed by atoms with E-state index in [2.05, 4.69) is 112 Å². The molecule has 3 aromatic carbocycles. The number of hydrogen-bond donors (Lipinski definition) is 0. The Morgan fingerprint density at radius 1 is 0.618 bits per heavy atom. The largest absolute Gasteiger partial charge is 0.176 e. The lowest BCUT2D eigenvalue weighted by atomic mass is 10.1. The molecule has 34 heavy (non-hydrogen) atoms. The van der Waals surface area contributed by atoms with Crippen LogP contribution in [0.2, 0.25) is 0 Å². The number of hydrogen-bond acceptors (Lipinski definition) is 0. The van der Waals surface area contributed by atoms with Gasteiger partial charge in [0.25, 0.3) is 0 Å². The maximum absolute atomic E-state index is 2.47. The highest BCUT2D eigenvalue weighted by atomic mass is 28.3. The Balaban J connectivity index is 1.93. The summed E-state index contributed by atoms with van der Waals surface area (Å²) in [5, 5.41) is 6.21. The first-order valence-electron chi connectivity index (χ1n) is 13.4. The third kappa shape index (κ3) is 4.91. The summed E-state index contributed by atoms with van der Waals surface area (Å²) < 4.78 is 0. The number of aryl methyl sites for hydroxylation is 2. The molecule has 0 unspecified atom stereocenters.